The minimum Gasteiger partial charge on any atom is -0.467 e. The zero-order valence-corrected chi connectivity index (χ0v) is 16.5. The van der Waals surface area contributed by atoms with E-state index >= 15 is 0 Å². The molecular formula is C18H22BrFN2O4. The van der Waals surface area contributed by atoms with Crippen molar-refractivity contribution in [2.24, 2.45) is 5.92 Å². The number of carbonyl (C=O) groups excluding carboxylic acids is 3. The molecule has 1 heterocycles. The van der Waals surface area contributed by atoms with Gasteiger partial charge < -0.3 is 15.0 Å². The molecule has 2 amide bonds. The highest BCUT2D eigenvalue weighted by Gasteiger charge is 2.39. The van der Waals surface area contributed by atoms with Crippen LogP contribution in [0.1, 0.15) is 37.0 Å². The molecule has 26 heavy (non-hydrogen) atoms. The van der Waals surface area contributed by atoms with E-state index in [0.29, 0.717) is 23.9 Å². The van der Waals surface area contributed by atoms with Gasteiger partial charge >= 0.3 is 5.97 Å². The van der Waals surface area contributed by atoms with Gasteiger partial charge in [-0.15, -0.1) is 0 Å². The topological polar surface area (TPSA) is 75.7 Å². The van der Waals surface area contributed by atoms with Crippen LogP contribution in [0.5, 0.6) is 0 Å². The highest BCUT2D eigenvalue weighted by atomic mass is 79.9. The normalized spacial score (nSPS) is 17.9. The van der Waals surface area contributed by atoms with E-state index in [9.17, 15) is 18.8 Å². The monoisotopic (exact) mass is 428 g/mol. The predicted molar refractivity (Wildman–Crippen MR) is 96.9 cm³/mol. The van der Waals surface area contributed by atoms with Crippen molar-refractivity contribution >= 4 is 33.7 Å². The summed E-state index contributed by atoms with van der Waals surface area (Å²) >= 11 is 3.14. The lowest BCUT2D eigenvalue weighted by Gasteiger charge is -2.30. The number of esters is 1. The van der Waals surface area contributed by atoms with Crippen molar-refractivity contribution in [3.05, 3.63) is 34.1 Å². The highest BCUT2D eigenvalue weighted by molar-refractivity contribution is 9.10. The molecule has 0 bridgehead atoms. The largest absolute Gasteiger partial charge is 0.467 e. The minimum absolute atomic E-state index is 0.141. The van der Waals surface area contributed by atoms with E-state index in [4.69, 9.17) is 4.74 Å². The summed E-state index contributed by atoms with van der Waals surface area (Å²) in [5.41, 5.74) is -0.141. The van der Waals surface area contributed by atoms with E-state index in [1.807, 2.05) is 0 Å². The van der Waals surface area contributed by atoms with Crippen molar-refractivity contribution in [2.45, 2.75) is 38.8 Å². The Morgan fingerprint density at radius 2 is 2.04 bits per heavy atom. The third-order valence-electron chi connectivity index (χ3n) is 4.40. The van der Waals surface area contributed by atoms with Gasteiger partial charge in [0.05, 0.1) is 12.7 Å². The zero-order valence-electron chi connectivity index (χ0n) is 14.9. The van der Waals surface area contributed by atoms with Crippen molar-refractivity contribution < 1.29 is 23.5 Å². The van der Waals surface area contributed by atoms with Crippen molar-refractivity contribution in [2.75, 3.05) is 13.7 Å². The molecule has 1 aromatic rings. The molecule has 1 aromatic carbocycles. The molecule has 1 fully saturated rings. The van der Waals surface area contributed by atoms with Gasteiger partial charge in [-0.25, -0.2) is 9.18 Å². The molecule has 142 valence electrons. The molecule has 0 aliphatic carbocycles. The number of halogens is 2. The molecule has 2 rings (SSSR count). The molecule has 1 aliphatic heterocycles. The van der Waals surface area contributed by atoms with Crippen LogP contribution in [-0.2, 0) is 14.3 Å². The van der Waals surface area contributed by atoms with Crippen LogP contribution in [-0.4, -0.2) is 48.4 Å². The van der Waals surface area contributed by atoms with E-state index < -0.39 is 29.8 Å². The molecule has 1 aliphatic rings. The Balaban J connectivity index is 2.19. The summed E-state index contributed by atoms with van der Waals surface area (Å²) in [4.78, 5) is 38.7. The second-order valence-electron chi connectivity index (χ2n) is 6.53. The lowest BCUT2D eigenvalue weighted by Crippen LogP contribution is -2.54. The Kier molecular flexibility index (Phi) is 6.75. The summed E-state index contributed by atoms with van der Waals surface area (Å²) in [5.74, 6) is -2.41. The summed E-state index contributed by atoms with van der Waals surface area (Å²) in [7, 11) is 1.28. The number of nitrogens with one attached hydrogen (secondary N) is 1. The van der Waals surface area contributed by atoms with E-state index in [0.717, 1.165) is 0 Å². The number of hydrogen-bond donors (Lipinski definition) is 1. The maximum Gasteiger partial charge on any atom is 0.328 e. The van der Waals surface area contributed by atoms with E-state index in [1.54, 1.807) is 19.9 Å². The van der Waals surface area contributed by atoms with Crippen LogP contribution < -0.4 is 5.32 Å². The van der Waals surface area contributed by atoms with Crippen molar-refractivity contribution in [1.29, 1.82) is 0 Å². The first-order valence-corrected chi connectivity index (χ1v) is 9.19. The van der Waals surface area contributed by atoms with Crippen molar-refractivity contribution in [3.8, 4) is 0 Å². The lowest BCUT2D eigenvalue weighted by atomic mass is 10.0. The maximum atomic E-state index is 14.0. The van der Waals surface area contributed by atoms with Gasteiger partial charge in [0, 0.05) is 11.0 Å². The van der Waals surface area contributed by atoms with Crippen LogP contribution >= 0.6 is 15.9 Å². The van der Waals surface area contributed by atoms with Gasteiger partial charge in [-0.05, 0) is 37.0 Å². The standard InChI is InChI=1S/C18H22BrFN2O4/c1-10(2)15(17(24)22-8-4-5-14(22)18(25)26-3)21-16(23)12-7-6-11(19)9-13(12)20/h6-7,9-10,14-15H,4-5,8H2,1-3H3,(H,21,23)/t14-,15-/m0/s1. The van der Waals surface area contributed by atoms with Crippen LogP contribution in [0, 0.1) is 11.7 Å². The molecule has 0 saturated carbocycles. The first kappa shape index (κ1) is 20.4. The second kappa shape index (κ2) is 8.62. The number of methoxy groups -OCH3 is 1. The molecule has 0 spiro atoms. The number of hydrogen-bond acceptors (Lipinski definition) is 4. The molecule has 1 saturated heterocycles. The average Bonchev–Trinajstić information content (AvgIpc) is 3.07. The third kappa shape index (κ3) is 4.41. The summed E-state index contributed by atoms with van der Waals surface area (Å²) in [6.07, 6.45) is 1.21. The van der Waals surface area contributed by atoms with Crippen LogP contribution in [0.15, 0.2) is 22.7 Å². The Morgan fingerprint density at radius 1 is 1.35 bits per heavy atom. The Morgan fingerprint density at radius 3 is 2.62 bits per heavy atom. The van der Waals surface area contributed by atoms with Crippen molar-refractivity contribution in [3.63, 3.8) is 0 Å². The molecule has 1 N–H and O–H groups in total. The summed E-state index contributed by atoms with van der Waals surface area (Å²) < 4.78 is 19.3. The van der Waals surface area contributed by atoms with Gasteiger partial charge in [0.25, 0.3) is 5.91 Å². The first-order chi connectivity index (χ1) is 12.3. The highest BCUT2D eigenvalue weighted by Crippen LogP contribution is 2.22. The lowest BCUT2D eigenvalue weighted by molar-refractivity contribution is -0.151. The first-order valence-electron chi connectivity index (χ1n) is 8.40. The SMILES string of the molecule is COC(=O)[C@@H]1CCCN1C(=O)[C@@H](NC(=O)c1ccc(Br)cc1F)C(C)C. The molecule has 6 nitrogen and oxygen atoms in total. The molecule has 0 aromatic heterocycles. The van der Waals surface area contributed by atoms with Gasteiger partial charge in [-0.2, -0.15) is 0 Å². The van der Waals surface area contributed by atoms with Gasteiger partial charge in [0.1, 0.15) is 17.9 Å². The fourth-order valence-corrected chi connectivity index (χ4v) is 3.33. The number of nitrogens with zero attached hydrogens (tertiary/aromatic N) is 1. The Labute approximate surface area is 160 Å². The molecule has 0 radical (unpaired) electrons. The van der Waals surface area contributed by atoms with Gasteiger partial charge in [0.2, 0.25) is 5.91 Å². The van der Waals surface area contributed by atoms with Gasteiger partial charge in [-0.3, -0.25) is 9.59 Å². The number of ether oxygens (including phenoxy) is 1. The molecule has 2 atom stereocenters. The number of amides is 2. The van der Waals surface area contributed by atoms with Crippen LogP contribution in [0.25, 0.3) is 0 Å². The second-order valence-corrected chi connectivity index (χ2v) is 7.45. The number of benzene rings is 1. The fourth-order valence-electron chi connectivity index (χ4n) is 3.00. The van der Waals surface area contributed by atoms with Crippen LogP contribution in [0.3, 0.4) is 0 Å². The van der Waals surface area contributed by atoms with Crippen LogP contribution in [0.2, 0.25) is 0 Å². The van der Waals surface area contributed by atoms with E-state index in [2.05, 4.69) is 21.2 Å². The Hall–Kier alpha value is -1.96. The average molecular weight is 429 g/mol. The van der Waals surface area contributed by atoms with Crippen LogP contribution in [0.4, 0.5) is 4.39 Å². The number of likely N-dealkylation sites (tertiary alicyclic amines) is 1. The number of rotatable bonds is 5. The predicted octanol–water partition coefficient (Wildman–Crippen LogP) is 2.51. The summed E-state index contributed by atoms with van der Waals surface area (Å²) in [5, 5.41) is 2.61. The Bertz CT molecular complexity index is 710. The molecular weight excluding hydrogens is 407 g/mol. The smallest absolute Gasteiger partial charge is 0.328 e. The summed E-state index contributed by atoms with van der Waals surface area (Å²) in [6, 6.07) is 2.59. The summed E-state index contributed by atoms with van der Waals surface area (Å²) in [6.45, 7) is 3.98. The fraction of sp³-hybridized carbons (Fsp3) is 0.500. The van der Waals surface area contributed by atoms with Gasteiger partial charge in [0.15, 0.2) is 0 Å². The van der Waals surface area contributed by atoms with Crippen molar-refractivity contribution in [1.82, 2.24) is 10.2 Å². The zero-order chi connectivity index (χ0) is 19.4. The maximum absolute atomic E-state index is 14.0. The molecule has 0 unspecified atom stereocenters. The number of carbonyl (C=O) groups is 3. The van der Waals surface area contributed by atoms with E-state index in [-0.39, 0.29) is 17.4 Å². The van der Waals surface area contributed by atoms with Gasteiger partial charge in [-0.1, -0.05) is 29.8 Å². The quantitative estimate of drug-likeness (QED) is 0.730. The van der Waals surface area contributed by atoms with E-state index in [1.165, 1.54) is 24.1 Å². The third-order valence-corrected chi connectivity index (χ3v) is 4.90. The minimum atomic E-state index is -0.865. The molecule has 8 heteroatoms.